The van der Waals surface area contributed by atoms with E-state index in [9.17, 15) is 0 Å². The summed E-state index contributed by atoms with van der Waals surface area (Å²) in [5, 5.41) is 1.07. The highest BCUT2D eigenvalue weighted by molar-refractivity contribution is 7.15. The Kier molecular flexibility index (Phi) is 2.60. The second-order valence-electron chi connectivity index (χ2n) is 5.07. The highest BCUT2D eigenvalue weighted by Gasteiger charge is 2.20. The number of nitrogen functional groups attached to an aromatic ring is 1. The summed E-state index contributed by atoms with van der Waals surface area (Å²) in [5.74, 6) is 0. The molecule has 0 unspecified atom stereocenters. The van der Waals surface area contributed by atoms with Crippen molar-refractivity contribution in [1.82, 2.24) is 4.98 Å². The Labute approximate surface area is 121 Å². The van der Waals surface area contributed by atoms with Crippen molar-refractivity contribution in [1.29, 1.82) is 0 Å². The van der Waals surface area contributed by atoms with Crippen LogP contribution in [0.4, 0.5) is 5.69 Å². The third kappa shape index (κ3) is 1.82. The molecule has 1 aliphatic carbocycles. The Hall–Kier alpha value is -2.13. The molecule has 0 amide bonds. The zero-order chi connectivity index (χ0) is 13.5. The van der Waals surface area contributed by atoms with Gasteiger partial charge in [0.2, 0.25) is 0 Å². The SMILES string of the molecule is Nc1cccc(-c2nc3c(s2)CCc2ccccc2-3)c1. The molecule has 0 spiro atoms. The third-order valence-corrected chi connectivity index (χ3v) is 4.89. The molecular formula is C17H14N2S. The molecule has 0 aliphatic heterocycles. The van der Waals surface area contributed by atoms with Crippen LogP contribution in [0, 0.1) is 0 Å². The minimum absolute atomic E-state index is 0.788. The molecule has 3 heteroatoms. The van der Waals surface area contributed by atoms with Crippen molar-refractivity contribution in [2.24, 2.45) is 0 Å². The molecule has 0 saturated heterocycles. The van der Waals surface area contributed by atoms with Gasteiger partial charge in [-0.1, -0.05) is 36.4 Å². The lowest BCUT2D eigenvalue weighted by Crippen LogP contribution is -2.01. The summed E-state index contributed by atoms with van der Waals surface area (Å²) in [6.45, 7) is 0. The summed E-state index contributed by atoms with van der Waals surface area (Å²) in [7, 11) is 0. The van der Waals surface area contributed by atoms with Crippen LogP contribution in [0.1, 0.15) is 10.4 Å². The predicted octanol–water partition coefficient (Wildman–Crippen LogP) is 4.16. The minimum Gasteiger partial charge on any atom is -0.399 e. The summed E-state index contributed by atoms with van der Waals surface area (Å²) < 4.78 is 0. The lowest BCUT2D eigenvalue weighted by molar-refractivity contribution is 0.955. The van der Waals surface area contributed by atoms with E-state index in [1.165, 1.54) is 16.0 Å². The van der Waals surface area contributed by atoms with Crippen molar-refractivity contribution in [2.45, 2.75) is 12.8 Å². The number of benzene rings is 2. The molecule has 1 aliphatic rings. The van der Waals surface area contributed by atoms with Crippen molar-refractivity contribution in [3.05, 3.63) is 59.0 Å². The van der Waals surface area contributed by atoms with Gasteiger partial charge in [0.25, 0.3) is 0 Å². The Balaban J connectivity index is 1.86. The van der Waals surface area contributed by atoms with Crippen LogP contribution >= 0.6 is 11.3 Å². The average Bonchev–Trinajstić information content (AvgIpc) is 2.92. The summed E-state index contributed by atoms with van der Waals surface area (Å²) in [6, 6.07) is 16.5. The van der Waals surface area contributed by atoms with E-state index in [0.29, 0.717) is 0 Å². The van der Waals surface area contributed by atoms with Gasteiger partial charge in [0.15, 0.2) is 0 Å². The predicted molar refractivity (Wildman–Crippen MR) is 84.8 cm³/mol. The monoisotopic (exact) mass is 278 g/mol. The van der Waals surface area contributed by atoms with Gasteiger partial charge in [-0.2, -0.15) is 0 Å². The van der Waals surface area contributed by atoms with Gasteiger partial charge in [0, 0.05) is 21.7 Å². The van der Waals surface area contributed by atoms with Gasteiger partial charge >= 0.3 is 0 Å². The van der Waals surface area contributed by atoms with E-state index >= 15 is 0 Å². The fourth-order valence-electron chi connectivity index (χ4n) is 2.74. The lowest BCUT2D eigenvalue weighted by Gasteiger charge is -2.13. The molecule has 0 atom stereocenters. The summed E-state index contributed by atoms with van der Waals surface area (Å²) in [5.41, 5.74) is 11.6. The quantitative estimate of drug-likeness (QED) is 0.679. The highest BCUT2D eigenvalue weighted by Crippen LogP contribution is 2.39. The maximum atomic E-state index is 5.87. The van der Waals surface area contributed by atoms with Crippen LogP contribution in [0.15, 0.2) is 48.5 Å². The first-order valence-electron chi connectivity index (χ1n) is 6.75. The standard InChI is InChI=1S/C17H14N2S/c18-13-6-3-5-12(10-13)17-19-16-14-7-2-1-4-11(14)8-9-15(16)20-17/h1-7,10H,8-9,18H2. The number of aromatic nitrogens is 1. The van der Waals surface area contributed by atoms with Gasteiger partial charge in [-0.15, -0.1) is 11.3 Å². The van der Waals surface area contributed by atoms with Crippen molar-refractivity contribution in [2.75, 3.05) is 5.73 Å². The lowest BCUT2D eigenvalue weighted by atomic mass is 9.94. The fraction of sp³-hybridized carbons (Fsp3) is 0.118. The number of fused-ring (bicyclic) bond motifs is 3. The number of rotatable bonds is 1. The van der Waals surface area contributed by atoms with Gasteiger partial charge in [0.05, 0.1) is 5.69 Å². The van der Waals surface area contributed by atoms with Gasteiger partial charge in [0.1, 0.15) is 5.01 Å². The molecule has 1 aromatic heterocycles. The van der Waals surface area contributed by atoms with Crippen LogP contribution in [-0.2, 0) is 12.8 Å². The van der Waals surface area contributed by atoms with Gasteiger partial charge in [-0.3, -0.25) is 0 Å². The number of aryl methyl sites for hydroxylation is 2. The molecular weight excluding hydrogens is 264 g/mol. The zero-order valence-corrected chi connectivity index (χ0v) is 11.8. The maximum Gasteiger partial charge on any atom is 0.124 e. The van der Waals surface area contributed by atoms with Gasteiger partial charge < -0.3 is 5.73 Å². The van der Waals surface area contributed by atoms with E-state index in [-0.39, 0.29) is 0 Å². The number of hydrogen-bond donors (Lipinski definition) is 1. The number of thiazole rings is 1. The molecule has 2 aromatic carbocycles. The molecule has 2 nitrogen and oxygen atoms in total. The Morgan fingerprint density at radius 1 is 1.00 bits per heavy atom. The zero-order valence-electron chi connectivity index (χ0n) is 11.0. The van der Waals surface area contributed by atoms with E-state index < -0.39 is 0 Å². The van der Waals surface area contributed by atoms with Crippen LogP contribution in [-0.4, -0.2) is 4.98 Å². The van der Waals surface area contributed by atoms with Crippen LogP contribution in [0.2, 0.25) is 0 Å². The van der Waals surface area contributed by atoms with E-state index in [0.717, 1.165) is 34.8 Å². The normalized spacial score (nSPS) is 12.8. The molecule has 20 heavy (non-hydrogen) atoms. The Morgan fingerprint density at radius 2 is 1.90 bits per heavy atom. The molecule has 0 fully saturated rings. The smallest absolute Gasteiger partial charge is 0.124 e. The van der Waals surface area contributed by atoms with E-state index in [1.54, 1.807) is 11.3 Å². The van der Waals surface area contributed by atoms with Crippen LogP contribution in [0.5, 0.6) is 0 Å². The van der Waals surface area contributed by atoms with Crippen LogP contribution < -0.4 is 5.73 Å². The fourth-order valence-corrected chi connectivity index (χ4v) is 3.82. The number of nitrogens with two attached hydrogens (primary N) is 1. The minimum atomic E-state index is 0.788. The van der Waals surface area contributed by atoms with E-state index in [2.05, 4.69) is 30.3 Å². The maximum absolute atomic E-state index is 5.87. The highest BCUT2D eigenvalue weighted by atomic mass is 32.1. The van der Waals surface area contributed by atoms with Crippen molar-refractivity contribution in [3.8, 4) is 21.8 Å². The first-order valence-corrected chi connectivity index (χ1v) is 7.57. The first kappa shape index (κ1) is 11.7. The molecule has 0 bridgehead atoms. The topological polar surface area (TPSA) is 38.9 Å². The number of anilines is 1. The van der Waals surface area contributed by atoms with Crippen molar-refractivity contribution in [3.63, 3.8) is 0 Å². The second-order valence-corrected chi connectivity index (χ2v) is 6.16. The summed E-state index contributed by atoms with van der Waals surface area (Å²) in [4.78, 5) is 6.26. The van der Waals surface area contributed by atoms with Gasteiger partial charge in [-0.05, 0) is 30.5 Å². The molecule has 0 saturated carbocycles. The molecule has 98 valence electrons. The average molecular weight is 278 g/mol. The Morgan fingerprint density at radius 3 is 2.80 bits per heavy atom. The Bertz CT molecular complexity index is 789. The summed E-state index contributed by atoms with van der Waals surface area (Å²) in [6.07, 6.45) is 2.20. The van der Waals surface area contributed by atoms with Crippen LogP contribution in [0.25, 0.3) is 21.8 Å². The summed E-state index contributed by atoms with van der Waals surface area (Å²) >= 11 is 1.79. The van der Waals surface area contributed by atoms with Crippen LogP contribution in [0.3, 0.4) is 0 Å². The third-order valence-electron chi connectivity index (χ3n) is 3.72. The number of nitrogens with zero attached hydrogens (tertiary/aromatic N) is 1. The molecule has 2 N–H and O–H groups in total. The molecule has 1 heterocycles. The number of hydrogen-bond acceptors (Lipinski definition) is 3. The molecule has 0 radical (unpaired) electrons. The van der Waals surface area contributed by atoms with E-state index in [4.69, 9.17) is 10.7 Å². The van der Waals surface area contributed by atoms with Crippen molar-refractivity contribution < 1.29 is 0 Å². The first-order chi connectivity index (χ1) is 9.81. The van der Waals surface area contributed by atoms with Crippen molar-refractivity contribution >= 4 is 17.0 Å². The molecule has 4 rings (SSSR count). The second kappa shape index (κ2) is 4.46. The molecule has 3 aromatic rings. The van der Waals surface area contributed by atoms with Gasteiger partial charge in [-0.25, -0.2) is 4.98 Å². The largest absolute Gasteiger partial charge is 0.399 e. The van der Waals surface area contributed by atoms with E-state index in [1.807, 2.05) is 18.2 Å².